The molecule has 0 N–H and O–H groups in total. The highest BCUT2D eigenvalue weighted by atomic mass is 79.9. The van der Waals surface area contributed by atoms with Crippen molar-refractivity contribution in [2.45, 2.75) is 12.3 Å². The number of benzene rings is 2. The highest BCUT2D eigenvalue weighted by Gasteiger charge is 2.15. The van der Waals surface area contributed by atoms with Gasteiger partial charge in [-0.3, -0.25) is 0 Å². The summed E-state index contributed by atoms with van der Waals surface area (Å²) in [4.78, 5) is 0. The Kier molecular flexibility index (Phi) is 4.31. The van der Waals surface area contributed by atoms with E-state index in [2.05, 4.69) is 47.1 Å². The van der Waals surface area contributed by atoms with Crippen LogP contribution in [0.5, 0.6) is 5.75 Å². The van der Waals surface area contributed by atoms with Gasteiger partial charge >= 0.3 is 0 Å². The van der Waals surface area contributed by atoms with E-state index in [1.54, 1.807) is 7.11 Å². The smallest absolute Gasteiger partial charge is 0.125 e. The predicted octanol–water partition coefficient (Wildman–Crippen LogP) is 5.09. The summed E-state index contributed by atoms with van der Waals surface area (Å²) < 4.78 is 6.36. The molecule has 0 aliphatic carbocycles. The summed E-state index contributed by atoms with van der Waals surface area (Å²) in [5, 5.41) is -0.200. The fraction of sp³-hybridized carbons (Fsp3) is 0.200. The van der Waals surface area contributed by atoms with E-state index < -0.39 is 0 Å². The monoisotopic (exact) mass is 324 g/mol. The minimum atomic E-state index is -0.200. The molecule has 1 unspecified atom stereocenters. The number of rotatable bonds is 3. The standard InChI is InChI=1S/C15H14BrClO/c1-10-3-5-11(6-4-10)15(17)13-8-7-12(16)9-14(13)18-2/h3-9,15H,1-2H3. The lowest BCUT2D eigenvalue weighted by atomic mass is 10.0. The third-order valence-electron chi connectivity index (χ3n) is 2.84. The molecule has 0 aliphatic heterocycles. The van der Waals surface area contributed by atoms with Gasteiger partial charge in [-0.1, -0.05) is 51.8 Å². The third-order valence-corrected chi connectivity index (χ3v) is 3.82. The van der Waals surface area contributed by atoms with Crippen molar-refractivity contribution in [3.05, 3.63) is 63.6 Å². The average Bonchev–Trinajstić information content (AvgIpc) is 2.38. The molecule has 3 heteroatoms. The van der Waals surface area contributed by atoms with Gasteiger partial charge in [0.15, 0.2) is 0 Å². The first-order valence-corrected chi connectivity index (χ1v) is 6.89. The fourth-order valence-electron chi connectivity index (χ4n) is 1.81. The van der Waals surface area contributed by atoms with Crippen molar-refractivity contribution in [1.82, 2.24) is 0 Å². The van der Waals surface area contributed by atoms with E-state index in [-0.39, 0.29) is 5.38 Å². The first kappa shape index (κ1) is 13.4. The molecule has 94 valence electrons. The molecule has 0 saturated heterocycles. The van der Waals surface area contributed by atoms with Crippen LogP contribution in [0.25, 0.3) is 0 Å². The van der Waals surface area contributed by atoms with Gasteiger partial charge in [-0.05, 0) is 24.6 Å². The highest BCUT2D eigenvalue weighted by Crippen LogP contribution is 2.36. The van der Waals surface area contributed by atoms with E-state index in [0.717, 1.165) is 21.3 Å². The molecule has 1 atom stereocenters. The Labute approximate surface area is 121 Å². The van der Waals surface area contributed by atoms with Crippen LogP contribution in [-0.4, -0.2) is 7.11 Å². The first-order chi connectivity index (χ1) is 8.61. The second-order valence-electron chi connectivity index (χ2n) is 4.16. The first-order valence-electron chi connectivity index (χ1n) is 5.66. The largest absolute Gasteiger partial charge is 0.496 e. The van der Waals surface area contributed by atoms with Crippen molar-refractivity contribution < 1.29 is 4.74 Å². The zero-order valence-electron chi connectivity index (χ0n) is 10.3. The maximum absolute atomic E-state index is 6.52. The third kappa shape index (κ3) is 2.88. The zero-order chi connectivity index (χ0) is 13.1. The number of methoxy groups -OCH3 is 1. The van der Waals surface area contributed by atoms with Crippen molar-refractivity contribution in [2.75, 3.05) is 7.11 Å². The summed E-state index contributed by atoms with van der Waals surface area (Å²) in [5.41, 5.74) is 3.28. The molecule has 0 spiro atoms. The minimum Gasteiger partial charge on any atom is -0.496 e. The molecule has 0 saturated carbocycles. The molecule has 1 nitrogen and oxygen atoms in total. The van der Waals surface area contributed by atoms with E-state index in [0.29, 0.717) is 0 Å². The molecule has 0 aliphatic rings. The van der Waals surface area contributed by atoms with Crippen LogP contribution in [-0.2, 0) is 0 Å². The fourth-order valence-corrected chi connectivity index (χ4v) is 2.48. The van der Waals surface area contributed by atoms with Gasteiger partial charge < -0.3 is 4.74 Å². The van der Waals surface area contributed by atoms with Crippen LogP contribution in [0.2, 0.25) is 0 Å². The van der Waals surface area contributed by atoms with E-state index in [1.165, 1.54) is 5.56 Å². The summed E-state index contributed by atoms with van der Waals surface area (Å²) in [6.07, 6.45) is 0. The molecule has 0 fully saturated rings. The van der Waals surface area contributed by atoms with Crippen LogP contribution < -0.4 is 4.74 Å². The molecule has 0 bridgehead atoms. The van der Waals surface area contributed by atoms with Gasteiger partial charge in [0.05, 0.1) is 12.5 Å². The van der Waals surface area contributed by atoms with E-state index in [1.807, 2.05) is 18.2 Å². The average molecular weight is 326 g/mol. The lowest BCUT2D eigenvalue weighted by molar-refractivity contribution is 0.410. The summed E-state index contributed by atoms with van der Waals surface area (Å²) in [7, 11) is 1.66. The van der Waals surface area contributed by atoms with Crippen LogP contribution in [0.15, 0.2) is 46.9 Å². The summed E-state index contributed by atoms with van der Waals surface area (Å²) in [6, 6.07) is 14.1. The minimum absolute atomic E-state index is 0.200. The molecule has 0 aromatic heterocycles. The molecule has 0 radical (unpaired) electrons. The molecule has 0 heterocycles. The van der Waals surface area contributed by atoms with Gasteiger partial charge in [0, 0.05) is 10.0 Å². The Bertz CT molecular complexity index is 537. The summed E-state index contributed by atoms with van der Waals surface area (Å²) in [6.45, 7) is 2.06. The normalized spacial score (nSPS) is 12.2. The van der Waals surface area contributed by atoms with Crippen LogP contribution in [0.4, 0.5) is 0 Å². The second-order valence-corrected chi connectivity index (χ2v) is 5.51. The molecule has 2 aromatic rings. The Morgan fingerprint density at radius 2 is 1.78 bits per heavy atom. The van der Waals surface area contributed by atoms with Crippen molar-refractivity contribution >= 4 is 27.5 Å². The Morgan fingerprint density at radius 3 is 2.39 bits per heavy atom. The molecular formula is C15H14BrClO. The van der Waals surface area contributed by atoms with E-state index in [9.17, 15) is 0 Å². The number of aryl methyl sites for hydroxylation is 1. The molecule has 2 aromatic carbocycles. The quantitative estimate of drug-likeness (QED) is 0.714. The zero-order valence-corrected chi connectivity index (χ0v) is 12.6. The van der Waals surface area contributed by atoms with Gasteiger partial charge in [0.2, 0.25) is 0 Å². The topological polar surface area (TPSA) is 9.23 Å². The lowest BCUT2D eigenvalue weighted by Gasteiger charge is -2.15. The lowest BCUT2D eigenvalue weighted by Crippen LogP contribution is -1.97. The predicted molar refractivity (Wildman–Crippen MR) is 79.6 cm³/mol. The van der Waals surface area contributed by atoms with Crippen LogP contribution >= 0.6 is 27.5 Å². The Balaban J connectivity index is 2.39. The molecule has 18 heavy (non-hydrogen) atoms. The van der Waals surface area contributed by atoms with Gasteiger partial charge in [-0.15, -0.1) is 11.6 Å². The molecule has 2 rings (SSSR count). The number of hydrogen-bond acceptors (Lipinski definition) is 1. The number of hydrogen-bond donors (Lipinski definition) is 0. The Hall–Kier alpha value is -0.990. The molecule has 0 amide bonds. The Morgan fingerprint density at radius 1 is 1.11 bits per heavy atom. The SMILES string of the molecule is COc1cc(Br)ccc1C(Cl)c1ccc(C)cc1. The molecular weight excluding hydrogens is 312 g/mol. The van der Waals surface area contributed by atoms with Crippen LogP contribution in [0, 0.1) is 6.92 Å². The van der Waals surface area contributed by atoms with Gasteiger partial charge in [0.25, 0.3) is 0 Å². The van der Waals surface area contributed by atoms with Gasteiger partial charge in [-0.25, -0.2) is 0 Å². The van der Waals surface area contributed by atoms with Crippen molar-refractivity contribution in [1.29, 1.82) is 0 Å². The second kappa shape index (κ2) is 5.77. The highest BCUT2D eigenvalue weighted by molar-refractivity contribution is 9.10. The van der Waals surface area contributed by atoms with Gasteiger partial charge in [0.1, 0.15) is 5.75 Å². The summed E-state index contributed by atoms with van der Waals surface area (Å²) >= 11 is 9.95. The maximum Gasteiger partial charge on any atom is 0.125 e. The van der Waals surface area contributed by atoms with E-state index in [4.69, 9.17) is 16.3 Å². The van der Waals surface area contributed by atoms with Crippen molar-refractivity contribution in [3.8, 4) is 5.75 Å². The maximum atomic E-state index is 6.52. The van der Waals surface area contributed by atoms with Gasteiger partial charge in [-0.2, -0.15) is 0 Å². The number of ether oxygens (including phenoxy) is 1. The van der Waals surface area contributed by atoms with Crippen LogP contribution in [0.3, 0.4) is 0 Å². The van der Waals surface area contributed by atoms with Crippen molar-refractivity contribution in [2.24, 2.45) is 0 Å². The number of halogens is 2. The summed E-state index contributed by atoms with van der Waals surface area (Å²) in [5.74, 6) is 0.796. The number of alkyl halides is 1. The van der Waals surface area contributed by atoms with E-state index >= 15 is 0 Å². The van der Waals surface area contributed by atoms with Crippen molar-refractivity contribution in [3.63, 3.8) is 0 Å². The van der Waals surface area contributed by atoms with Crippen LogP contribution in [0.1, 0.15) is 22.1 Å².